The van der Waals surface area contributed by atoms with Crippen LogP contribution in [0.25, 0.3) is 0 Å². The van der Waals surface area contributed by atoms with Crippen LogP contribution in [0.3, 0.4) is 0 Å². The van der Waals surface area contributed by atoms with Gasteiger partial charge in [-0.2, -0.15) is 5.10 Å². The van der Waals surface area contributed by atoms with Crippen LogP contribution in [0.1, 0.15) is 29.9 Å². The fourth-order valence-electron chi connectivity index (χ4n) is 3.29. The molecule has 0 spiro atoms. The smallest absolute Gasteiger partial charge is 0.291 e. The van der Waals surface area contributed by atoms with Crippen molar-refractivity contribution in [1.29, 1.82) is 0 Å². The van der Waals surface area contributed by atoms with Gasteiger partial charge in [0, 0.05) is 32.3 Å². The molecule has 0 aliphatic carbocycles. The maximum Gasteiger partial charge on any atom is 0.291 e. The summed E-state index contributed by atoms with van der Waals surface area (Å²) >= 11 is 0. The van der Waals surface area contributed by atoms with Crippen molar-refractivity contribution >= 4 is 11.7 Å². The predicted octanol–water partition coefficient (Wildman–Crippen LogP) is 1.09. The molecule has 0 unspecified atom stereocenters. The Bertz CT molecular complexity index is 698. The molecule has 2 aromatic heterocycles. The molecule has 0 saturated carbocycles. The average molecular weight is 328 g/mol. The maximum absolute atomic E-state index is 12.3. The van der Waals surface area contributed by atoms with E-state index in [1.54, 1.807) is 11.1 Å². The Morgan fingerprint density at radius 3 is 2.92 bits per heavy atom. The Morgan fingerprint density at radius 2 is 2.12 bits per heavy atom. The number of carbonyl (C=O) groups is 1. The number of likely N-dealkylation sites (tertiary alicyclic amines) is 1. The summed E-state index contributed by atoms with van der Waals surface area (Å²) in [5.41, 5.74) is 0. The van der Waals surface area contributed by atoms with E-state index in [0.717, 1.165) is 31.1 Å². The molecule has 0 radical (unpaired) electrons. The van der Waals surface area contributed by atoms with Crippen LogP contribution in [0, 0.1) is 0 Å². The predicted molar refractivity (Wildman–Crippen MR) is 87.0 cm³/mol. The molecule has 2 saturated heterocycles. The standard InChI is InChI=1S/C16H20N6O2/c23-16(14-18-11-19-20-14)22-9-5-12(10-22)24-13-4-3-6-17-15(13)21-7-1-2-8-21/h3-4,6,11-12H,1-2,5,7-10H2,(H,18,19,20)/t12-/m0/s1. The zero-order valence-electron chi connectivity index (χ0n) is 13.4. The largest absolute Gasteiger partial charge is 0.485 e. The Morgan fingerprint density at radius 1 is 1.25 bits per heavy atom. The van der Waals surface area contributed by atoms with Crippen LogP contribution in [0.15, 0.2) is 24.7 Å². The molecule has 8 heteroatoms. The molecule has 24 heavy (non-hydrogen) atoms. The van der Waals surface area contributed by atoms with Gasteiger partial charge >= 0.3 is 0 Å². The molecule has 1 N–H and O–H groups in total. The van der Waals surface area contributed by atoms with Crippen LogP contribution in [0.2, 0.25) is 0 Å². The van der Waals surface area contributed by atoms with E-state index < -0.39 is 0 Å². The highest BCUT2D eigenvalue weighted by Crippen LogP contribution is 2.30. The number of H-pyrrole nitrogens is 1. The van der Waals surface area contributed by atoms with Gasteiger partial charge < -0.3 is 14.5 Å². The second kappa shape index (κ2) is 6.46. The lowest BCUT2D eigenvalue weighted by Gasteiger charge is -2.22. The second-order valence-corrected chi connectivity index (χ2v) is 6.13. The highest BCUT2D eigenvalue weighted by atomic mass is 16.5. The number of pyridine rings is 1. The van der Waals surface area contributed by atoms with Crippen molar-refractivity contribution in [3.05, 3.63) is 30.5 Å². The number of ether oxygens (including phenoxy) is 1. The molecule has 1 amide bonds. The Hall–Kier alpha value is -2.64. The molecule has 0 aromatic carbocycles. The molecule has 4 rings (SSSR count). The molecule has 8 nitrogen and oxygen atoms in total. The average Bonchev–Trinajstić information content (AvgIpc) is 3.36. The number of aromatic amines is 1. The number of aromatic nitrogens is 4. The van der Waals surface area contributed by atoms with E-state index in [2.05, 4.69) is 25.1 Å². The number of rotatable bonds is 4. The SMILES string of the molecule is O=C(c1ncn[nH]1)N1CC[C@H](Oc2cccnc2N2CCCC2)C1. The summed E-state index contributed by atoms with van der Waals surface area (Å²) in [7, 11) is 0. The number of amides is 1. The Balaban J connectivity index is 1.43. The summed E-state index contributed by atoms with van der Waals surface area (Å²) in [5.74, 6) is 1.85. The minimum Gasteiger partial charge on any atom is -0.485 e. The summed E-state index contributed by atoms with van der Waals surface area (Å²) in [6.45, 7) is 3.25. The molecular formula is C16H20N6O2. The van der Waals surface area contributed by atoms with E-state index in [0.29, 0.717) is 13.1 Å². The Labute approximate surface area is 139 Å². The lowest BCUT2D eigenvalue weighted by Crippen LogP contribution is -2.32. The molecule has 126 valence electrons. The quantitative estimate of drug-likeness (QED) is 0.904. The van der Waals surface area contributed by atoms with Crippen molar-refractivity contribution in [3.8, 4) is 5.75 Å². The summed E-state index contributed by atoms with van der Waals surface area (Å²) < 4.78 is 6.17. The highest BCUT2D eigenvalue weighted by molar-refractivity contribution is 5.90. The highest BCUT2D eigenvalue weighted by Gasteiger charge is 2.30. The topological polar surface area (TPSA) is 87.2 Å². The van der Waals surface area contributed by atoms with Crippen molar-refractivity contribution in [2.45, 2.75) is 25.4 Å². The molecule has 1 atom stereocenters. The second-order valence-electron chi connectivity index (χ2n) is 6.13. The fraction of sp³-hybridized carbons (Fsp3) is 0.500. The van der Waals surface area contributed by atoms with Gasteiger partial charge in [0.1, 0.15) is 12.4 Å². The number of anilines is 1. The molecule has 2 aliphatic rings. The molecule has 2 aliphatic heterocycles. The van der Waals surface area contributed by atoms with Gasteiger partial charge in [0.05, 0.1) is 6.54 Å². The molecule has 2 aromatic rings. The monoisotopic (exact) mass is 328 g/mol. The first-order valence-corrected chi connectivity index (χ1v) is 8.32. The molecule has 4 heterocycles. The van der Waals surface area contributed by atoms with Crippen LogP contribution in [0.5, 0.6) is 5.75 Å². The summed E-state index contributed by atoms with van der Waals surface area (Å²) in [4.78, 5) is 24.7. The molecule has 0 bridgehead atoms. The number of hydrogen-bond acceptors (Lipinski definition) is 6. The van der Waals surface area contributed by atoms with E-state index in [1.165, 1.54) is 19.2 Å². The first-order valence-electron chi connectivity index (χ1n) is 8.32. The van der Waals surface area contributed by atoms with Crippen molar-refractivity contribution in [3.63, 3.8) is 0 Å². The number of nitrogens with one attached hydrogen (secondary N) is 1. The molecular weight excluding hydrogens is 308 g/mol. The lowest BCUT2D eigenvalue weighted by atomic mass is 10.3. The van der Waals surface area contributed by atoms with E-state index in [9.17, 15) is 4.79 Å². The maximum atomic E-state index is 12.3. The van der Waals surface area contributed by atoms with Crippen molar-refractivity contribution in [2.24, 2.45) is 0 Å². The lowest BCUT2D eigenvalue weighted by molar-refractivity contribution is 0.0761. The fourth-order valence-corrected chi connectivity index (χ4v) is 3.29. The van der Waals surface area contributed by atoms with Crippen LogP contribution in [0.4, 0.5) is 5.82 Å². The third kappa shape index (κ3) is 2.91. The first-order chi connectivity index (χ1) is 11.8. The van der Waals surface area contributed by atoms with E-state index in [-0.39, 0.29) is 17.8 Å². The Kier molecular flexibility index (Phi) is 4.02. The van der Waals surface area contributed by atoms with Crippen LogP contribution in [-0.4, -0.2) is 63.3 Å². The normalized spacial score (nSPS) is 20.6. The van der Waals surface area contributed by atoms with Gasteiger partial charge in [0.25, 0.3) is 5.91 Å². The summed E-state index contributed by atoms with van der Waals surface area (Å²) in [6.07, 6.45) is 6.30. The van der Waals surface area contributed by atoms with Crippen molar-refractivity contribution in [2.75, 3.05) is 31.1 Å². The third-order valence-electron chi connectivity index (χ3n) is 4.50. The van der Waals surface area contributed by atoms with Crippen LogP contribution < -0.4 is 9.64 Å². The van der Waals surface area contributed by atoms with E-state index in [4.69, 9.17) is 4.74 Å². The van der Waals surface area contributed by atoms with Crippen LogP contribution >= 0.6 is 0 Å². The third-order valence-corrected chi connectivity index (χ3v) is 4.50. The van der Waals surface area contributed by atoms with Gasteiger partial charge in [0.15, 0.2) is 11.6 Å². The van der Waals surface area contributed by atoms with E-state index in [1.807, 2.05) is 12.1 Å². The molecule has 2 fully saturated rings. The zero-order valence-corrected chi connectivity index (χ0v) is 13.4. The first kappa shape index (κ1) is 14.9. The summed E-state index contributed by atoms with van der Waals surface area (Å²) in [6, 6.07) is 3.85. The summed E-state index contributed by atoms with van der Waals surface area (Å²) in [5, 5.41) is 6.34. The van der Waals surface area contributed by atoms with Gasteiger partial charge in [0.2, 0.25) is 5.82 Å². The number of nitrogens with zero attached hydrogens (tertiary/aromatic N) is 5. The van der Waals surface area contributed by atoms with Crippen LogP contribution in [-0.2, 0) is 0 Å². The van der Waals surface area contributed by atoms with E-state index >= 15 is 0 Å². The number of hydrogen-bond donors (Lipinski definition) is 1. The van der Waals surface area contributed by atoms with Crippen molar-refractivity contribution < 1.29 is 9.53 Å². The zero-order chi connectivity index (χ0) is 16.4. The minimum atomic E-state index is -0.135. The van der Waals surface area contributed by atoms with Gasteiger partial charge in [-0.05, 0) is 25.0 Å². The number of carbonyl (C=O) groups excluding carboxylic acids is 1. The van der Waals surface area contributed by atoms with Gasteiger partial charge in [-0.25, -0.2) is 9.97 Å². The van der Waals surface area contributed by atoms with Crippen molar-refractivity contribution in [1.82, 2.24) is 25.1 Å². The van der Waals surface area contributed by atoms with Gasteiger partial charge in [-0.1, -0.05) is 0 Å². The van der Waals surface area contributed by atoms with Gasteiger partial charge in [-0.3, -0.25) is 9.89 Å². The van der Waals surface area contributed by atoms with Gasteiger partial charge in [-0.15, -0.1) is 0 Å². The minimum absolute atomic E-state index is 0.0255.